The van der Waals surface area contributed by atoms with Gasteiger partial charge in [0.2, 0.25) is 5.78 Å². The lowest BCUT2D eigenvalue weighted by Crippen LogP contribution is -2.32. The number of benzene rings is 2. The second-order valence-corrected chi connectivity index (χ2v) is 10.8. The smallest absolute Gasteiger partial charge is 0.262 e. The molecule has 36 heavy (non-hydrogen) atoms. The van der Waals surface area contributed by atoms with Crippen LogP contribution in [0.3, 0.4) is 0 Å². The van der Waals surface area contributed by atoms with Gasteiger partial charge in [-0.05, 0) is 61.1 Å². The summed E-state index contributed by atoms with van der Waals surface area (Å²) in [7, 11) is 0. The van der Waals surface area contributed by atoms with Gasteiger partial charge in [0.05, 0.1) is 10.9 Å². The third-order valence-electron chi connectivity index (χ3n) is 6.74. The van der Waals surface area contributed by atoms with Crippen LogP contribution in [0.25, 0.3) is 16.7 Å². The van der Waals surface area contributed by atoms with E-state index in [9.17, 15) is 14.0 Å². The molecule has 0 radical (unpaired) electrons. The summed E-state index contributed by atoms with van der Waals surface area (Å²) in [6.07, 6.45) is 5.09. The first kappa shape index (κ1) is 24.5. The number of carbonyl (C=O) groups is 1. The first-order valence-corrected chi connectivity index (χ1v) is 13.5. The summed E-state index contributed by atoms with van der Waals surface area (Å²) in [5.41, 5.74) is 1.94. The molecule has 4 aromatic rings. The van der Waals surface area contributed by atoms with Crippen molar-refractivity contribution in [1.29, 1.82) is 0 Å². The van der Waals surface area contributed by atoms with Crippen LogP contribution < -0.4 is 10.9 Å². The summed E-state index contributed by atoms with van der Waals surface area (Å²) in [6.45, 7) is 4.76. The van der Waals surface area contributed by atoms with Gasteiger partial charge >= 0.3 is 0 Å². The molecule has 2 heterocycles. The molecule has 0 unspecified atom stereocenters. The Balaban J connectivity index is 1.58. The van der Waals surface area contributed by atoms with Crippen molar-refractivity contribution >= 4 is 34.3 Å². The summed E-state index contributed by atoms with van der Waals surface area (Å²) in [5.74, 6) is 1.04. The Labute approximate surface area is 213 Å². The van der Waals surface area contributed by atoms with E-state index in [2.05, 4.69) is 29.4 Å². The summed E-state index contributed by atoms with van der Waals surface area (Å²) in [5, 5.41) is 13.1. The lowest BCUT2D eigenvalue weighted by molar-refractivity contribution is 0.0938. The Morgan fingerprint density at radius 3 is 2.61 bits per heavy atom. The van der Waals surface area contributed by atoms with E-state index in [1.165, 1.54) is 23.9 Å². The third kappa shape index (κ3) is 5.02. The molecule has 0 bridgehead atoms. The number of halogens is 1. The number of nitrogens with one attached hydrogen (secondary N) is 1. The number of aromatic nitrogens is 4. The molecule has 1 aliphatic rings. The fourth-order valence-corrected chi connectivity index (χ4v) is 5.57. The maximum atomic E-state index is 13.5. The van der Waals surface area contributed by atoms with Crippen molar-refractivity contribution in [3.8, 4) is 0 Å². The van der Waals surface area contributed by atoms with Gasteiger partial charge in [0.15, 0.2) is 5.16 Å². The van der Waals surface area contributed by atoms with Gasteiger partial charge in [0.25, 0.3) is 11.5 Å². The van der Waals surface area contributed by atoms with Crippen molar-refractivity contribution in [3.63, 3.8) is 0 Å². The minimum atomic E-state index is -0.278. The Kier molecular flexibility index (Phi) is 7.09. The summed E-state index contributed by atoms with van der Waals surface area (Å²) in [6, 6.07) is 11.8. The number of nitrogens with zero attached hydrogens (tertiary/aromatic N) is 4. The lowest BCUT2D eigenvalue weighted by Gasteiger charge is -2.15. The van der Waals surface area contributed by atoms with Crippen molar-refractivity contribution in [2.24, 2.45) is 5.92 Å². The van der Waals surface area contributed by atoms with Crippen molar-refractivity contribution < 1.29 is 9.18 Å². The van der Waals surface area contributed by atoms with Crippen molar-refractivity contribution in [1.82, 2.24) is 24.5 Å². The fraction of sp³-hybridized carbons (Fsp3) is 0.407. The fourth-order valence-electron chi connectivity index (χ4n) is 4.67. The average molecular weight is 508 g/mol. The van der Waals surface area contributed by atoms with Crippen LogP contribution in [-0.4, -0.2) is 31.1 Å². The predicted octanol–water partition coefficient (Wildman–Crippen LogP) is 5.19. The van der Waals surface area contributed by atoms with Crippen LogP contribution in [0.2, 0.25) is 0 Å². The molecule has 1 amide bonds. The van der Waals surface area contributed by atoms with E-state index in [0.717, 1.165) is 37.7 Å². The number of thioether (sulfide) groups is 1. The number of carbonyl (C=O) groups excluding carboxylic acids is 1. The highest BCUT2D eigenvalue weighted by Crippen LogP contribution is 2.26. The molecule has 0 aliphatic heterocycles. The van der Waals surface area contributed by atoms with Crippen LogP contribution in [0.5, 0.6) is 0 Å². The predicted molar refractivity (Wildman–Crippen MR) is 140 cm³/mol. The monoisotopic (exact) mass is 507 g/mol. The zero-order valence-corrected chi connectivity index (χ0v) is 21.4. The van der Waals surface area contributed by atoms with Crippen molar-refractivity contribution in [2.45, 2.75) is 69.4 Å². The average Bonchev–Trinajstić information content (AvgIpc) is 3.53. The highest BCUT2D eigenvalue weighted by molar-refractivity contribution is 7.98. The van der Waals surface area contributed by atoms with Crippen LogP contribution in [0.15, 0.2) is 52.4 Å². The van der Waals surface area contributed by atoms with E-state index in [1.54, 1.807) is 34.9 Å². The molecule has 1 aliphatic carbocycles. The second kappa shape index (κ2) is 10.4. The molecule has 2 aromatic carbocycles. The molecule has 188 valence electrons. The standard InChI is InChI=1S/C27H30FN5O2S/c1-17(2)13-14-32-25(35)22-12-9-19(24(34)29-21-5-3-4-6-21)15-23(22)33-26(32)30-31-27(33)36-16-18-7-10-20(28)11-8-18/h7-12,15,17,21H,3-6,13-14,16H2,1-2H3,(H,29,34). The molecule has 0 atom stereocenters. The largest absolute Gasteiger partial charge is 0.349 e. The van der Waals surface area contributed by atoms with Gasteiger partial charge in [-0.1, -0.05) is 50.6 Å². The van der Waals surface area contributed by atoms with Gasteiger partial charge in [0, 0.05) is 23.9 Å². The summed E-state index contributed by atoms with van der Waals surface area (Å²) in [4.78, 5) is 26.5. The molecule has 7 nitrogen and oxygen atoms in total. The highest BCUT2D eigenvalue weighted by Gasteiger charge is 2.21. The van der Waals surface area contributed by atoms with Crippen LogP contribution >= 0.6 is 11.8 Å². The van der Waals surface area contributed by atoms with Crippen molar-refractivity contribution in [2.75, 3.05) is 0 Å². The van der Waals surface area contributed by atoms with Crippen LogP contribution in [0.1, 0.15) is 61.9 Å². The van der Waals surface area contributed by atoms with E-state index in [4.69, 9.17) is 0 Å². The maximum absolute atomic E-state index is 13.5. The topological polar surface area (TPSA) is 81.3 Å². The molecule has 0 spiro atoms. The molecule has 9 heteroatoms. The SMILES string of the molecule is CC(C)CCn1c(=O)c2ccc(C(=O)NC3CCCC3)cc2n2c(SCc3ccc(F)cc3)nnc12. The number of aryl methyl sites for hydroxylation is 1. The van der Waals surface area contributed by atoms with Gasteiger partial charge in [-0.2, -0.15) is 0 Å². The van der Waals surface area contributed by atoms with Gasteiger partial charge in [0.1, 0.15) is 5.82 Å². The minimum Gasteiger partial charge on any atom is -0.349 e. The first-order valence-electron chi connectivity index (χ1n) is 12.5. The van der Waals surface area contributed by atoms with E-state index in [0.29, 0.717) is 45.6 Å². The Morgan fingerprint density at radius 2 is 1.89 bits per heavy atom. The zero-order chi connectivity index (χ0) is 25.2. The summed E-state index contributed by atoms with van der Waals surface area (Å²) < 4.78 is 16.9. The first-order chi connectivity index (χ1) is 17.4. The quantitative estimate of drug-likeness (QED) is 0.332. The molecule has 1 saturated carbocycles. The van der Waals surface area contributed by atoms with E-state index >= 15 is 0 Å². The Bertz CT molecular complexity index is 1460. The Morgan fingerprint density at radius 1 is 1.14 bits per heavy atom. The van der Waals surface area contributed by atoms with Gasteiger partial charge < -0.3 is 5.32 Å². The van der Waals surface area contributed by atoms with E-state index in [1.807, 2.05) is 4.40 Å². The normalized spacial score (nSPS) is 14.3. The Hall–Kier alpha value is -3.20. The highest BCUT2D eigenvalue weighted by atomic mass is 32.2. The summed E-state index contributed by atoms with van der Waals surface area (Å²) >= 11 is 1.46. The number of rotatable bonds is 8. The van der Waals surface area contributed by atoms with Crippen LogP contribution in [0, 0.1) is 11.7 Å². The number of hydrogen-bond acceptors (Lipinski definition) is 5. The van der Waals surface area contributed by atoms with Crippen LogP contribution in [0.4, 0.5) is 4.39 Å². The third-order valence-corrected chi connectivity index (χ3v) is 7.74. The van der Waals surface area contributed by atoms with Gasteiger partial charge in [-0.25, -0.2) is 4.39 Å². The molecular formula is C27H30FN5O2S. The minimum absolute atomic E-state index is 0.130. The van der Waals surface area contributed by atoms with Crippen LogP contribution in [-0.2, 0) is 12.3 Å². The lowest BCUT2D eigenvalue weighted by atomic mass is 10.1. The second-order valence-electron chi connectivity index (χ2n) is 9.86. The van der Waals surface area contributed by atoms with Crippen molar-refractivity contribution in [3.05, 3.63) is 69.8 Å². The van der Waals surface area contributed by atoms with Gasteiger partial charge in [-0.3, -0.25) is 18.6 Å². The number of amides is 1. The van der Waals surface area contributed by atoms with E-state index < -0.39 is 0 Å². The zero-order valence-electron chi connectivity index (χ0n) is 20.5. The number of hydrogen-bond donors (Lipinski definition) is 1. The van der Waals surface area contributed by atoms with Gasteiger partial charge in [-0.15, -0.1) is 10.2 Å². The molecule has 1 fully saturated rings. The maximum Gasteiger partial charge on any atom is 0.262 e. The molecule has 5 rings (SSSR count). The number of fused-ring (bicyclic) bond motifs is 3. The molecule has 1 N–H and O–H groups in total. The molecule has 2 aromatic heterocycles. The molecular weight excluding hydrogens is 477 g/mol. The molecule has 0 saturated heterocycles. The van der Waals surface area contributed by atoms with E-state index in [-0.39, 0.29) is 23.3 Å².